The molecule has 0 fully saturated rings. The standard InChI is InChI=1S/C28H34N2O3S/c1-20(2)29(17-26(31)22-7-5-4-6-8-22)18-28(32)30-15-13-27-24(14-16-34-27)25(30)19-33-23-11-9-21(3)10-12-23/h4-12,14,16,20,25-26,31H,13,15,17-19H2,1-3H3/t25-,26+/m1/s1. The fourth-order valence-corrected chi connectivity index (χ4v) is 5.34. The number of rotatable bonds is 9. The van der Waals surface area contributed by atoms with E-state index in [1.54, 1.807) is 11.3 Å². The van der Waals surface area contributed by atoms with Crippen LogP contribution in [0.5, 0.6) is 5.75 Å². The van der Waals surface area contributed by atoms with E-state index in [9.17, 15) is 9.90 Å². The summed E-state index contributed by atoms with van der Waals surface area (Å²) in [5, 5.41) is 12.9. The Bertz CT molecular complexity index is 1060. The molecule has 1 aliphatic rings. The number of benzene rings is 2. The van der Waals surface area contributed by atoms with Crippen molar-refractivity contribution < 1.29 is 14.6 Å². The van der Waals surface area contributed by atoms with Crippen LogP contribution in [0.4, 0.5) is 0 Å². The number of carbonyl (C=O) groups excluding carboxylic acids is 1. The molecule has 6 heteroatoms. The second-order valence-corrected chi connectivity index (χ2v) is 10.2. The number of amides is 1. The molecule has 2 atom stereocenters. The van der Waals surface area contributed by atoms with E-state index in [1.807, 2.05) is 59.5 Å². The molecule has 1 aromatic heterocycles. The summed E-state index contributed by atoms with van der Waals surface area (Å²) in [5.74, 6) is 0.887. The summed E-state index contributed by atoms with van der Waals surface area (Å²) < 4.78 is 6.14. The molecule has 3 aromatic rings. The van der Waals surface area contributed by atoms with Gasteiger partial charge in [0, 0.05) is 24.0 Å². The Balaban J connectivity index is 1.47. The Hall–Kier alpha value is -2.67. The van der Waals surface area contributed by atoms with E-state index in [0.717, 1.165) is 17.7 Å². The molecule has 1 amide bonds. The Morgan fingerprint density at radius 3 is 2.59 bits per heavy atom. The van der Waals surface area contributed by atoms with Crippen LogP contribution in [0.25, 0.3) is 0 Å². The molecule has 0 aliphatic carbocycles. The van der Waals surface area contributed by atoms with Gasteiger partial charge in [-0.15, -0.1) is 11.3 Å². The third-order valence-electron chi connectivity index (χ3n) is 6.50. The van der Waals surface area contributed by atoms with Gasteiger partial charge in [-0.05, 0) is 61.9 Å². The summed E-state index contributed by atoms with van der Waals surface area (Å²) in [4.78, 5) is 18.9. The lowest BCUT2D eigenvalue weighted by molar-refractivity contribution is -0.137. The van der Waals surface area contributed by atoms with Gasteiger partial charge in [-0.1, -0.05) is 48.0 Å². The Morgan fingerprint density at radius 2 is 1.88 bits per heavy atom. The lowest BCUT2D eigenvalue weighted by Gasteiger charge is -2.38. The monoisotopic (exact) mass is 478 g/mol. The molecular formula is C28H34N2O3S. The average molecular weight is 479 g/mol. The highest BCUT2D eigenvalue weighted by molar-refractivity contribution is 7.10. The molecule has 1 aliphatic heterocycles. The molecule has 2 aromatic carbocycles. The van der Waals surface area contributed by atoms with E-state index in [2.05, 4.69) is 37.1 Å². The summed E-state index contributed by atoms with van der Waals surface area (Å²) >= 11 is 1.75. The number of aryl methyl sites for hydroxylation is 1. The highest BCUT2D eigenvalue weighted by atomic mass is 32.1. The van der Waals surface area contributed by atoms with Crippen molar-refractivity contribution in [3.63, 3.8) is 0 Å². The average Bonchev–Trinajstić information content (AvgIpc) is 3.32. The van der Waals surface area contributed by atoms with Crippen molar-refractivity contribution in [2.45, 2.75) is 45.4 Å². The molecule has 0 radical (unpaired) electrons. The third-order valence-corrected chi connectivity index (χ3v) is 7.50. The minimum absolute atomic E-state index is 0.0725. The zero-order valence-electron chi connectivity index (χ0n) is 20.2. The Kier molecular flexibility index (Phi) is 8.03. The second-order valence-electron chi connectivity index (χ2n) is 9.23. The number of ether oxygens (including phenoxy) is 1. The molecule has 34 heavy (non-hydrogen) atoms. The van der Waals surface area contributed by atoms with Crippen LogP contribution in [0, 0.1) is 6.92 Å². The largest absolute Gasteiger partial charge is 0.491 e. The highest BCUT2D eigenvalue weighted by Gasteiger charge is 2.33. The van der Waals surface area contributed by atoms with Gasteiger partial charge in [0.05, 0.1) is 18.7 Å². The van der Waals surface area contributed by atoms with Crippen molar-refractivity contribution in [3.05, 3.63) is 87.6 Å². The van der Waals surface area contributed by atoms with Crippen LogP contribution in [0.1, 0.15) is 47.6 Å². The summed E-state index contributed by atoms with van der Waals surface area (Å²) in [7, 11) is 0. The fraction of sp³-hybridized carbons (Fsp3) is 0.393. The van der Waals surface area contributed by atoms with Gasteiger partial charge in [-0.3, -0.25) is 9.69 Å². The van der Waals surface area contributed by atoms with Crippen molar-refractivity contribution in [1.29, 1.82) is 0 Å². The van der Waals surface area contributed by atoms with Crippen molar-refractivity contribution in [3.8, 4) is 5.75 Å². The molecule has 0 unspecified atom stereocenters. The predicted molar refractivity (Wildman–Crippen MR) is 137 cm³/mol. The normalized spacial score (nSPS) is 16.5. The summed E-state index contributed by atoms with van der Waals surface area (Å²) in [6, 6.07) is 19.8. The minimum Gasteiger partial charge on any atom is -0.491 e. The van der Waals surface area contributed by atoms with Gasteiger partial charge in [0.25, 0.3) is 0 Å². The Labute approximate surface area is 206 Å². The van der Waals surface area contributed by atoms with Crippen LogP contribution in [0.2, 0.25) is 0 Å². The number of aliphatic hydroxyl groups is 1. The number of thiophene rings is 1. The number of aliphatic hydroxyl groups excluding tert-OH is 1. The van der Waals surface area contributed by atoms with E-state index >= 15 is 0 Å². The van der Waals surface area contributed by atoms with Gasteiger partial charge in [0.15, 0.2) is 0 Å². The third kappa shape index (κ3) is 5.87. The quantitative estimate of drug-likeness (QED) is 0.470. The summed E-state index contributed by atoms with van der Waals surface area (Å²) in [6.45, 7) is 7.97. The fourth-order valence-electron chi connectivity index (χ4n) is 4.41. The van der Waals surface area contributed by atoms with E-state index in [-0.39, 0.29) is 24.5 Å². The molecule has 0 saturated heterocycles. The zero-order valence-corrected chi connectivity index (χ0v) is 21.0. The van der Waals surface area contributed by atoms with Crippen molar-refractivity contribution in [1.82, 2.24) is 9.80 Å². The Morgan fingerprint density at radius 1 is 1.15 bits per heavy atom. The first-order chi connectivity index (χ1) is 16.4. The van der Waals surface area contributed by atoms with Gasteiger partial charge in [-0.2, -0.15) is 0 Å². The van der Waals surface area contributed by atoms with Gasteiger partial charge in [0.2, 0.25) is 5.91 Å². The molecule has 180 valence electrons. The first-order valence-corrected chi connectivity index (χ1v) is 12.8. The summed E-state index contributed by atoms with van der Waals surface area (Å²) in [6.07, 6.45) is 0.232. The maximum absolute atomic E-state index is 13.6. The first kappa shape index (κ1) is 24.5. The lowest BCUT2D eigenvalue weighted by Crippen LogP contribution is -2.48. The van der Waals surface area contributed by atoms with Crippen molar-refractivity contribution >= 4 is 17.2 Å². The number of hydrogen-bond donors (Lipinski definition) is 1. The molecule has 2 heterocycles. The number of fused-ring (bicyclic) bond motifs is 1. The smallest absolute Gasteiger partial charge is 0.237 e. The highest BCUT2D eigenvalue weighted by Crippen LogP contribution is 2.34. The topological polar surface area (TPSA) is 53.0 Å². The van der Waals surface area contributed by atoms with Crippen LogP contribution in [-0.4, -0.2) is 53.1 Å². The summed E-state index contributed by atoms with van der Waals surface area (Å²) in [5.41, 5.74) is 3.25. The van der Waals surface area contributed by atoms with Crippen LogP contribution < -0.4 is 4.74 Å². The molecule has 4 rings (SSSR count). The second kappa shape index (κ2) is 11.2. The van der Waals surface area contributed by atoms with E-state index < -0.39 is 6.10 Å². The van der Waals surface area contributed by atoms with E-state index in [4.69, 9.17) is 4.74 Å². The molecule has 5 nitrogen and oxygen atoms in total. The maximum Gasteiger partial charge on any atom is 0.237 e. The van der Waals surface area contributed by atoms with Crippen molar-refractivity contribution in [2.75, 3.05) is 26.2 Å². The SMILES string of the molecule is Cc1ccc(OC[C@@H]2c3ccsc3CCN2C(=O)CN(C[C@H](O)c2ccccc2)C(C)C)cc1. The molecule has 0 bridgehead atoms. The zero-order chi connectivity index (χ0) is 24.1. The van der Waals surface area contributed by atoms with Crippen LogP contribution in [-0.2, 0) is 11.2 Å². The number of nitrogens with zero attached hydrogens (tertiary/aromatic N) is 2. The predicted octanol–water partition coefficient (Wildman–Crippen LogP) is 5.01. The van der Waals surface area contributed by atoms with Gasteiger partial charge < -0.3 is 14.7 Å². The van der Waals surface area contributed by atoms with Crippen LogP contribution in [0.3, 0.4) is 0 Å². The van der Waals surface area contributed by atoms with Gasteiger partial charge in [0.1, 0.15) is 12.4 Å². The molecular weight excluding hydrogens is 444 g/mol. The van der Waals surface area contributed by atoms with E-state index in [1.165, 1.54) is 16.0 Å². The minimum atomic E-state index is -0.637. The first-order valence-electron chi connectivity index (χ1n) is 11.9. The van der Waals surface area contributed by atoms with E-state index in [0.29, 0.717) is 19.7 Å². The maximum atomic E-state index is 13.6. The number of carbonyl (C=O) groups is 1. The van der Waals surface area contributed by atoms with Crippen LogP contribution in [0.15, 0.2) is 66.0 Å². The van der Waals surface area contributed by atoms with Gasteiger partial charge in [-0.25, -0.2) is 0 Å². The lowest BCUT2D eigenvalue weighted by atomic mass is 10.00. The number of hydrogen-bond acceptors (Lipinski definition) is 5. The molecule has 1 N–H and O–H groups in total. The van der Waals surface area contributed by atoms with Crippen LogP contribution >= 0.6 is 11.3 Å². The molecule has 0 saturated carbocycles. The molecule has 0 spiro atoms. The van der Waals surface area contributed by atoms with Gasteiger partial charge >= 0.3 is 0 Å². The van der Waals surface area contributed by atoms with Crippen molar-refractivity contribution in [2.24, 2.45) is 0 Å².